The van der Waals surface area contributed by atoms with Crippen molar-refractivity contribution in [2.45, 2.75) is 13.3 Å². The molecule has 1 N–H and O–H groups in total. The summed E-state index contributed by atoms with van der Waals surface area (Å²) in [5, 5.41) is 3.37. The molecule has 0 amide bonds. The molecule has 0 bridgehead atoms. The van der Waals surface area contributed by atoms with Gasteiger partial charge in [-0.05, 0) is 25.0 Å². The number of piperazine rings is 1. The third kappa shape index (κ3) is 3.29. The predicted molar refractivity (Wildman–Crippen MR) is 62.0 cm³/mol. The zero-order chi connectivity index (χ0) is 10.5. The van der Waals surface area contributed by atoms with Crippen LogP contribution >= 0.6 is 0 Å². The van der Waals surface area contributed by atoms with Gasteiger partial charge in [0.1, 0.15) is 0 Å². The molecule has 1 aliphatic heterocycles. The lowest BCUT2D eigenvalue weighted by molar-refractivity contribution is 0.244. The van der Waals surface area contributed by atoms with Crippen LogP contribution in [0.3, 0.4) is 0 Å². The zero-order valence-corrected chi connectivity index (χ0v) is 9.37. The number of hydrogen-bond donors (Lipinski definition) is 1. The van der Waals surface area contributed by atoms with Crippen molar-refractivity contribution in [2.24, 2.45) is 0 Å². The second-order valence-electron chi connectivity index (χ2n) is 4.15. The van der Waals surface area contributed by atoms with E-state index in [4.69, 9.17) is 0 Å². The molecule has 0 aliphatic carbocycles. The Bertz CT molecular complexity index is 288. The molecular formula is C12H19N3. The second kappa shape index (κ2) is 5.24. The van der Waals surface area contributed by atoms with E-state index in [-0.39, 0.29) is 0 Å². The molecule has 1 fully saturated rings. The van der Waals surface area contributed by atoms with Crippen molar-refractivity contribution in [3.05, 3.63) is 29.6 Å². The first-order valence-electron chi connectivity index (χ1n) is 5.69. The molecule has 0 radical (unpaired) electrons. The van der Waals surface area contributed by atoms with E-state index in [0.29, 0.717) is 0 Å². The zero-order valence-electron chi connectivity index (χ0n) is 9.37. The van der Waals surface area contributed by atoms with Gasteiger partial charge in [-0.1, -0.05) is 6.07 Å². The van der Waals surface area contributed by atoms with Crippen LogP contribution in [0.25, 0.3) is 0 Å². The van der Waals surface area contributed by atoms with Gasteiger partial charge in [-0.3, -0.25) is 4.98 Å². The molecule has 3 nitrogen and oxygen atoms in total. The van der Waals surface area contributed by atoms with Gasteiger partial charge in [0.05, 0.1) is 0 Å². The molecule has 1 saturated heterocycles. The standard InChI is InChI=1S/C12H19N3/c1-11-2-3-12(10-14-11)4-7-15-8-5-13-6-9-15/h2-3,10,13H,4-9H2,1H3. The minimum atomic E-state index is 1.10. The van der Waals surface area contributed by atoms with E-state index in [1.807, 2.05) is 13.1 Å². The Kier molecular flexibility index (Phi) is 3.69. The van der Waals surface area contributed by atoms with Gasteiger partial charge in [-0.2, -0.15) is 0 Å². The first-order chi connectivity index (χ1) is 7.34. The van der Waals surface area contributed by atoms with Crippen LogP contribution in [-0.2, 0) is 6.42 Å². The van der Waals surface area contributed by atoms with Crippen LogP contribution in [0.1, 0.15) is 11.3 Å². The van der Waals surface area contributed by atoms with Crippen LogP contribution in [0.5, 0.6) is 0 Å². The quantitative estimate of drug-likeness (QED) is 0.792. The highest BCUT2D eigenvalue weighted by atomic mass is 15.2. The number of nitrogens with one attached hydrogen (secondary N) is 1. The fourth-order valence-electron chi connectivity index (χ4n) is 1.87. The van der Waals surface area contributed by atoms with E-state index < -0.39 is 0 Å². The maximum absolute atomic E-state index is 4.31. The monoisotopic (exact) mass is 205 g/mol. The Balaban J connectivity index is 1.79. The minimum Gasteiger partial charge on any atom is -0.314 e. The Labute approximate surface area is 91.5 Å². The Morgan fingerprint density at radius 1 is 1.33 bits per heavy atom. The predicted octanol–water partition coefficient (Wildman–Crippen LogP) is 0.838. The highest BCUT2D eigenvalue weighted by molar-refractivity contribution is 5.13. The summed E-state index contributed by atoms with van der Waals surface area (Å²) in [5.74, 6) is 0. The average Bonchev–Trinajstić information content (AvgIpc) is 2.30. The summed E-state index contributed by atoms with van der Waals surface area (Å²) in [6.45, 7) is 7.81. The van der Waals surface area contributed by atoms with Gasteiger partial charge in [0, 0.05) is 44.6 Å². The highest BCUT2D eigenvalue weighted by Gasteiger charge is 2.08. The summed E-state index contributed by atoms with van der Waals surface area (Å²) in [6.07, 6.45) is 3.12. The normalized spacial score (nSPS) is 17.9. The molecule has 0 spiro atoms. The lowest BCUT2D eigenvalue weighted by Gasteiger charge is -2.27. The molecule has 3 heteroatoms. The summed E-state index contributed by atoms with van der Waals surface area (Å²) in [5.41, 5.74) is 2.44. The summed E-state index contributed by atoms with van der Waals surface area (Å²) >= 11 is 0. The molecule has 0 unspecified atom stereocenters. The van der Waals surface area contributed by atoms with Gasteiger partial charge in [0.15, 0.2) is 0 Å². The van der Waals surface area contributed by atoms with Crippen LogP contribution in [-0.4, -0.2) is 42.6 Å². The highest BCUT2D eigenvalue weighted by Crippen LogP contribution is 2.02. The third-order valence-corrected chi connectivity index (χ3v) is 2.90. The molecule has 2 heterocycles. The number of hydrogen-bond acceptors (Lipinski definition) is 3. The molecule has 2 rings (SSSR count). The van der Waals surface area contributed by atoms with Crippen molar-refractivity contribution < 1.29 is 0 Å². The molecule has 82 valence electrons. The maximum Gasteiger partial charge on any atom is 0.0372 e. The Morgan fingerprint density at radius 2 is 2.13 bits per heavy atom. The van der Waals surface area contributed by atoms with Crippen molar-refractivity contribution in [1.82, 2.24) is 15.2 Å². The maximum atomic E-state index is 4.31. The fourth-order valence-corrected chi connectivity index (χ4v) is 1.87. The molecule has 0 aromatic carbocycles. The van der Waals surface area contributed by atoms with Gasteiger partial charge >= 0.3 is 0 Å². The van der Waals surface area contributed by atoms with Crippen LogP contribution in [0, 0.1) is 6.92 Å². The third-order valence-electron chi connectivity index (χ3n) is 2.90. The minimum absolute atomic E-state index is 1.10. The number of aromatic nitrogens is 1. The molecule has 15 heavy (non-hydrogen) atoms. The first-order valence-corrected chi connectivity index (χ1v) is 5.69. The largest absolute Gasteiger partial charge is 0.314 e. The second-order valence-corrected chi connectivity index (χ2v) is 4.15. The lowest BCUT2D eigenvalue weighted by Crippen LogP contribution is -2.44. The Hall–Kier alpha value is -0.930. The topological polar surface area (TPSA) is 28.2 Å². The number of aryl methyl sites for hydroxylation is 1. The van der Waals surface area contributed by atoms with Crippen molar-refractivity contribution in [2.75, 3.05) is 32.7 Å². The van der Waals surface area contributed by atoms with Crippen LogP contribution < -0.4 is 5.32 Å². The van der Waals surface area contributed by atoms with Crippen LogP contribution in [0.4, 0.5) is 0 Å². The van der Waals surface area contributed by atoms with E-state index in [1.54, 1.807) is 0 Å². The van der Waals surface area contributed by atoms with Gasteiger partial charge < -0.3 is 10.2 Å². The number of nitrogens with zero attached hydrogens (tertiary/aromatic N) is 2. The number of pyridine rings is 1. The van der Waals surface area contributed by atoms with Gasteiger partial charge in [-0.15, -0.1) is 0 Å². The lowest BCUT2D eigenvalue weighted by atomic mass is 10.2. The van der Waals surface area contributed by atoms with E-state index in [0.717, 1.165) is 31.7 Å². The summed E-state index contributed by atoms with van der Waals surface area (Å²) in [6, 6.07) is 4.28. The van der Waals surface area contributed by atoms with Crippen LogP contribution in [0.2, 0.25) is 0 Å². The van der Waals surface area contributed by atoms with E-state index >= 15 is 0 Å². The van der Waals surface area contributed by atoms with Crippen molar-refractivity contribution in [3.63, 3.8) is 0 Å². The fraction of sp³-hybridized carbons (Fsp3) is 0.583. The van der Waals surface area contributed by atoms with E-state index in [9.17, 15) is 0 Å². The average molecular weight is 205 g/mol. The van der Waals surface area contributed by atoms with E-state index in [2.05, 4.69) is 27.3 Å². The molecule has 0 saturated carbocycles. The molecule has 1 aliphatic rings. The molecular weight excluding hydrogens is 186 g/mol. The van der Waals surface area contributed by atoms with Crippen molar-refractivity contribution >= 4 is 0 Å². The molecule has 1 aromatic heterocycles. The van der Waals surface area contributed by atoms with Gasteiger partial charge in [-0.25, -0.2) is 0 Å². The Morgan fingerprint density at radius 3 is 2.80 bits per heavy atom. The first kappa shape index (κ1) is 10.6. The molecule has 0 atom stereocenters. The summed E-state index contributed by atoms with van der Waals surface area (Å²) in [7, 11) is 0. The van der Waals surface area contributed by atoms with Gasteiger partial charge in [0.25, 0.3) is 0 Å². The van der Waals surface area contributed by atoms with Crippen molar-refractivity contribution in [3.8, 4) is 0 Å². The van der Waals surface area contributed by atoms with E-state index in [1.165, 1.54) is 18.7 Å². The summed E-state index contributed by atoms with van der Waals surface area (Å²) in [4.78, 5) is 6.82. The number of rotatable bonds is 3. The van der Waals surface area contributed by atoms with Crippen LogP contribution in [0.15, 0.2) is 18.3 Å². The smallest absolute Gasteiger partial charge is 0.0372 e. The SMILES string of the molecule is Cc1ccc(CCN2CCNCC2)cn1. The van der Waals surface area contributed by atoms with Gasteiger partial charge in [0.2, 0.25) is 0 Å². The molecule has 1 aromatic rings. The van der Waals surface area contributed by atoms with Crippen molar-refractivity contribution in [1.29, 1.82) is 0 Å². The summed E-state index contributed by atoms with van der Waals surface area (Å²) < 4.78 is 0.